The Kier molecular flexibility index (Phi) is 4.81. The monoisotopic (exact) mass is 304 g/mol. The van der Waals surface area contributed by atoms with Crippen LogP contribution in [0.3, 0.4) is 0 Å². The van der Waals surface area contributed by atoms with Crippen LogP contribution >= 0.6 is 11.6 Å². The smallest absolute Gasteiger partial charge is 0.153 e. The molecule has 0 radical (unpaired) electrons. The number of nitrogens with zero attached hydrogens (tertiary/aromatic N) is 2. The number of hydrogen-bond donors (Lipinski definition) is 0. The summed E-state index contributed by atoms with van der Waals surface area (Å²) < 4.78 is 7.21. The summed E-state index contributed by atoms with van der Waals surface area (Å²) in [5.74, 6) is 0.691. The average Bonchev–Trinajstić information content (AvgIpc) is 2.90. The predicted molar refractivity (Wildman–Crippen MR) is 83.9 cm³/mol. The van der Waals surface area contributed by atoms with Gasteiger partial charge in [-0.05, 0) is 38.1 Å². The Bertz CT molecular complexity index is 645. The predicted octanol–water partition coefficient (Wildman–Crippen LogP) is 4.07. The molecule has 0 aliphatic heterocycles. The Morgan fingerprint density at radius 2 is 2.10 bits per heavy atom. The number of hydrogen-bond acceptors (Lipinski definition) is 3. The van der Waals surface area contributed by atoms with Crippen molar-refractivity contribution in [1.29, 1.82) is 0 Å². The standard InChI is InChI=1S/C16H17ClN2O2/c1-11(2)19-8-14(9-20)16(18-19)13-4-6-15(7-5-13)21-10-12(3)17/h4-9,11H,3,10H2,1-2H3. The zero-order valence-corrected chi connectivity index (χ0v) is 12.8. The van der Waals surface area contributed by atoms with Crippen LogP contribution in [0.2, 0.25) is 0 Å². The second kappa shape index (κ2) is 6.59. The van der Waals surface area contributed by atoms with Crippen molar-refractivity contribution >= 4 is 17.9 Å². The van der Waals surface area contributed by atoms with Gasteiger partial charge in [0.25, 0.3) is 0 Å². The Labute approximate surface area is 129 Å². The zero-order valence-electron chi connectivity index (χ0n) is 12.0. The fourth-order valence-corrected chi connectivity index (χ4v) is 1.91. The van der Waals surface area contributed by atoms with Crippen molar-refractivity contribution in [2.45, 2.75) is 19.9 Å². The molecule has 0 amide bonds. The maximum Gasteiger partial charge on any atom is 0.153 e. The van der Waals surface area contributed by atoms with Gasteiger partial charge in [-0.3, -0.25) is 9.48 Å². The van der Waals surface area contributed by atoms with Crippen molar-refractivity contribution in [1.82, 2.24) is 9.78 Å². The van der Waals surface area contributed by atoms with Crippen molar-refractivity contribution in [2.24, 2.45) is 0 Å². The third kappa shape index (κ3) is 3.73. The van der Waals surface area contributed by atoms with Crippen molar-refractivity contribution in [3.05, 3.63) is 47.6 Å². The van der Waals surface area contributed by atoms with Gasteiger partial charge in [-0.2, -0.15) is 5.10 Å². The van der Waals surface area contributed by atoms with E-state index in [1.165, 1.54) is 0 Å². The number of rotatable bonds is 6. The van der Waals surface area contributed by atoms with E-state index in [4.69, 9.17) is 16.3 Å². The summed E-state index contributed by atoms with van der Waals surface area (Å²) >= 11 is 5.66. The van der Waals surface area contributed by atoms with E-state index in [1.54, 1.807) is 10.9 Å². The number of carbonyl (C=O) groups excluding carboxylic acids is 1. The van der Waals surface area contributed by atoms with Gasteiger partial charge in [-0.15, -0.1) is 0 Å². The number of ether oxygens (including phenoxy) is 1. The van der Waals surface area contributed by atoms with E-state index in [0.29, 0.717) is 22.0 Å². The van der Waals surface area contributed by atoms with Gasteiger partial charge in [0.1, 0.15) is 18.1 Å². The minimum Gasteiger partial charge on any atom is -0.488 e. The number of aromatic nitrogens is 2. The minimum atomic E-state index is 0.204. The topological polar surface area (TPSA) is 44.1 Å². The Hall–Kier alpha value is -2.07. The molecule has 1 heterocycles. The van der Waals surface area contributed by atoms with Gasteiger partial charge in [0.15, 0.2) is 6.29 Å². The highest BCUT2D eigenvalue weighted by Gasteiger charge is 2.12. The first-order chi connectivity index (χ1) is 10.0. The van der Waals surface area contributed by atoms with Crippen LogP contribution in [0.4, 0.5) is 0 Å². The molecular formula is C16H17ClN2O2. The largest absolute Gasteiger partial charge is 0.488 e. The molecule has 110 valence electrons. The average molecular weight is 305 g/mol. The number of carbonyl (C=O) groups is 1. The summed E-state index contributed by atoms with van der Waals surface area (Å²) in [4.78, 5) is 11.2. The van der Waals surface area contributed by atoms with Gasteiger partial charge >= 0.3 is 0 Å². The van der Waals surface area contributed by atoms with E-state index in [2.05, 4.69) is 11.7 Å². The lowest BCUT2D eigenvalue weighted by atomic mass is 10.1. The molecule has 0 saturated carbocycles. The maximum absolute atomic E-state index is 11.2. The molecule has 0 N–H and O–H groups in total. The molecule has 0 bridgehead atoms. The van der Waals surface area contributed by atoms with Crippen LogP contribution in [-0.2, 0) is 0 Å². The fourth-order valence-electron chi connectivity index (χ4n) is 1.85. The first-order valence-electron chi connectivity index (χ1n) is 6.62. The molecular weight excluding hydrogens is 288 g/mol. The second-order valence-electron chi connectivity index (χ2n) is 4.95. The fraction of sp³-hybridized carbons (Fsp3) is 0.250. The van der Waals surface area contributed by atoms with Gasteiger partial charge < -0.3 is 4.74 Å². The van der Waals surface area contributed by atoms with E-state index in [-0.39, 0.29) is 12.6 Å². The van der Waals surface area contributed by atoms with Crippen LogP contribution in [0.15, 0.2) is 42.1 Å². The summed E-state index contributed by atoms with van der Waals surface area (Å²) in [6.07, 6.45) is 2.58. The second-order valence-corrected chi connectivity index (χ2v) is 5.49. The van der Waals surface area contributed by atoms with E-state index in [1.807, 2.05) is 38.1 Å². The van der Waals surface area contributed by atoms with Crippen LogP contribution in [0.5, 0.6) is 5.75 Å². The number of halogens is 1. The Morgan fingerprint density at radius 3 is 2.62 bits per heavy atom. The van der Waals surface area contributed by atoms with Crippen molar-refractivity contribution in [3.8, 4) is 17.0 Å². The lowest BCUT2D eigenvalue weighted by Gasteiger charge is -2.06. The lowest BCUT2D eigenvalue weighted by molar-refractivity contribution is 0.112. The molecule has 2 rings (SSSR count). The molecule has 5 heteroatoms. The maximum atomic E-state index is 11.2. The molecule has 0 saturated heterocycles. The van der Waals surface area contributed by atoms with E-state index < -0.39 is 0 Å². The van der Waals surface area contributed by atoms with Crippen LogP contribution in [0.25, 0.3) is 11.3 Å². The van der Waals surface area contributed by atoms with Crippen molar-refractivity contribution in [2.75, 3.05) is 6.61 Å². The zero-order chi connectivity index (χ0) is 15.4. The molecule has 4 nitrogen and oxygen atoms in total. The lowest BCUT2D eigenvalue weighted by Crippen LogP contribution is -2.00. The van der Waals surface area contributed by atoms with Gasteiger partial charge in [-0.1, -0.05) is 18.2 Å². The molecule has 0 spiro atoms. The molecule has 0 aliphatic carbocycles. The minimum absolute atomic E-state index is 0.204. The quantitative estimate of drug-likeness (QED) is 0.755. The van der Waals surface area contributed by atoms with E-state index in [9.17, 15) is 4.79 Å². The molecule has 1 aromatic carbocycles. The van der Waals surface area contributed by atoms with Gasteiger partial charge in [-0.25, -0.2) is 0 Å². The highest BCUT2D eigenvalue weighted by atomic mass is 35.5. The van der Waals surface area contributed by atoms with E-state index in [0.717, 1.165) is 11.8 Å². The SMILES string of the molecule is C=C(Cl)COc1ccc(-c2nn(C(C)C)cc2C=O)cc1. The summed E-state index contributed by atoms with van der Waals surface area (Å²) in [5.41, 5.74) is 2.12. The summed E-state index contributed by atoms with van der Waals surface area (Å²) in [7, 11) is 0. The summed E-state index contributed by atoms with van der Waals surface area (Å²) in [6.45, 7) is 7.86. The molecule has 2 aromatic rings. The molecule has 0 fully saturated rings. The third-order valence-corrected chi connectivity index (χ3v) is 3.05. The highest BCUT2D eigenvalue weighted by molar-refractivity contribution is 6.29. The van der Waals surface area contributed by atoms with Crippen molar-refractivity contribution in [3.63, 3.8) is 0 Å². The number of aldehydes is 1. The summed E-state index contributed by atoms with van der Waals surface area (Å²) in [5, 5.41) is 4.91. The van der Waals surface area contributed by atoms with Crippen molar-refractivity contribution < 1.29 is 9.53 Å². The molecule has 0 atom stereocenters. The van der Waals surface area contributed by atoms with Crippen LogP contribution in [0, 0.1) is 0 Å². The van der Waals surface area contributed by atoms with Crippen LogP contribution in [-0.4, -0.2) is 22.7 Å². The van der Waals surface area contributed by atoms with Crippen LogP contribution < -0.4 is 4.74 Å². The molecule has 0 aliphatic rings. The van der Waals surface area contributed by atoms with Gasteiger partial charge in [0.05, 0.1) is 5.56 Å². The first-order valence-corrected chi connectivity index (χ1v) is 7.00. The number of benzene rings is 1. The van der Waals surface area contributed by atoms with Gasteiger partial charge in [0.2, 0.25) is 0 Å². The van der Waals surface area contributed by atoms with Crippen LogP contribution in [0.1, 0.15) is 30.2 Å². The first kappa shape index (κ1) is 15.3. The third-order valence-electron chi connectivity index (χ3n) is 2.94. The van der Waals surface area contributed by atoms with Gasteiger partial charge in [0, 0.05) is 22.8 Å². The highest BCUT2D eigenvalue weighted by Crippen LogP contribution is 2.25. The molecule has 21 heavy (non-hydrogen) atoms. The Balaban J connectivity index is 2.25. The molecule has 0 unspecified atom stereocenters. The normalized spacial score (nSPS) is 10.7. The Morgan fingerprint density at radius 1 is 1.43 bits per heavy atom. The summed E-state index contributed by atoms with van der Waals surface area (Å²) in [6, 6.07) is 7.57. The van der Waals surface area contributed by atoms with E-state index >= 15 is 0 Å². The molecule has 1 aromatic heterocycles.